The van der Waals surface area contributed by atoms with E-state index in [1.807, 2.05) is 0 Å². The average Bonchev–Trinajstić information content (AvgIpc) is 3.12. The minimum absolute atomic E-state index is 0.0769. The summed E-state index contributed by atoms with van der Waals surface area (Å²) in [4.78, 5) is 32.8. The minimum atomic E-state index is -3.95. The lowest BCUT2D eigenvalue weighted by Gasteiger charge is -2.22. The Morgan fingerprint density at radius 2 is 1.84 bits per heavy atom. The fraction of sp³-hybridized carbons (Fsp3) is 0.476. The van der Waals surface area contributed by atoms with Crippen LogP contribution in [0.5, 0.6) is 0 Å². The van der Waals surface area contributed by atoms with Crippen molar-refractivity contribution in [2.45, 2.75) is 37.6 Å². The number of rotatable bonds is 7. The maximum atomic E-state index is 13.4. The molecule has 31 heavy (non-hydrogen) atoms. The number of sulfonamides is 1. The van der Waals surface area contributed by atoms with E-state index in [9.17, 15) is 18.0 Å². The number of aromatic nitrogens is 2. The maximum absolute atomic E-state index is 13.4. The average molecular weight is 448 g/mol. The molecule has 0 atom stereocenters. The van der Waals surface area contributed by atoms with Crippen LogP contribution in [-0.4, -0.2) is 78.1 Å². The first-order valence-electron chi connectivity index (χ1n) is 10.3. The summed E-state index contributed by atoms with van der Waals surface area (Å²) >= 11 is 0. The molecule has 0 saturated carbocycles. The van der Waals surface area contributed by atoms with Gasteiger partial charge >= 0.3 is 0 Å². The molecule has 10 heteroatoms. The Morgan fingerprint density at radius 1 is 1.13 bits per heavy atom. The Hall–Kier alpha value is -2.72. The Kier molecular flexibility index (Phi) is 6.80. The van der Waals surface area contributed by atoms with Gasteiger partial charge in [0.1, 0.15) is 11.2 Å². The first kappa shape index (κ1) is 23.0. The van der Waals surface area contributed by atoms with Crippen LogP contribution in [0.25, 0.3) is 5.69 Å². The molecule has 0 fully saturated rings. The van der Waals surface area contributed by atoms with Crippen LogP contribution in [0.3, 0.4) is 0 Å². The van der Waals surface area contributed by atoms with Gasteiger partial charge in [-0.15, -0.1) is 0 Å². The molecular weight excluding hydrogens is 418 g/mol. The highest BCUT2D eigenvalue weighted by Crippen LogP contribution is 2.31. The van der Waals surface area contributed by atoms with Crippen molar-refractivity contribution in [2.75, 3.05) is 34.2 Å². The van der Waals surface area contributed by atoms with Gasteiger partial charge in [0, 0.05) is 27.7 Å². The number of amides is 2. The molecule has 0 unspecified atom stereocenters. The molecule has 0 radical (unpaired) electrons. The lowest BCUT2D eigenvalue weighted by Crippen LogP contribution is -2.40. The fourth-order valence-corrected chi connectivity index (χ4v) is 5.02. The molecule has 2 heterocycles. The van der Waals surface area contributed by atoms with Crippen LogP contribution in [-0.2, 0) is 21.4 Å². The first-order valence-corrected chi connectivity index (χ1v) is 11.7. The number of hydrogen-bond acceptors (Lipinski definition) is 5. The molecular formula is C21H29N5O4S. The molecule has 2 amide bonds. The third-order valence-electron chi connectivity index (χ3n) is 5.39. The van der Waals surface area contributed by atoms with Crippen molar-refractivity contribution in [1.82, 2.24) is 23.7 Å². The number of carbonyl (C=O) groups excluding carboxylic acids is 2. The standard InChI is InChI=1S/C21H29N5O4S/c1-5-6-9-12-24(4)21(28)20-17-13-25(14-19(27)23(2)3)31(29,30)18-11-8-7-10-16(18)26(17)15-22-20/h7-8,10-11,15H,5-6,9,12-14H2,1-4H3. The number of imidazole rings is 1. The van der Waals surface area contributed by atoms with Gasteiger partial charge in [-0.1, -0.05) is 31.9 Å². The van der Waals surface area contributed by atoms with Gasteiger partial charge in [-0.05, 0) is 18.6 Å². The van der Waals surface area contributed by atoms with Crippen molar-refractivity contribution in [2.24, 2.45) is 0 Å². The van der Waals surface area contributed by atoms with Crippen molar-refractivity contribution >= 4 is 21.8 Å². The third-order valence-corrected chi connectivity index (χ3v) is 7.23. The Labute approximate surface area is 183 Å². The molecule has 1 aromatic carbocycles. The number of likely N-dealkylation sites (N-methyl/N-ethyl adjacent to an activating group) is 1. The third kappa shape index (κ3) is 4.49. The highest BCUT2D eigenvalue weighted by molar-refractivity contribution is 7.89. The lowest BCUT2D eigenvalue weighted by molar-refractivity contribution is -0.128. The normalized spacial score (nSPS) is 15.0. The van der Waals surface area contributed by atoms with Crippen LogP contribution in [0.1, 0.15) is 42.4 Å². The van der Waals surface area contributed by atoms with Gasteiger partial charge in [0.15, 0.2) is 5.69 Å². The summed E-state index contributed by atoms with van der Waals surface area (Å²) in [5.41, 5.74) is 1.07. The summed E-state index contributed by atoms with van der Waals surface area (Å²) in [6, 6.07) is 6.55. The molecule has 1 aliphatic rings. The summed E-state index contributed by atoms with van der Waals surface area (Å²) in [5.74, 6) is -0.612. The first-order chi connectivity index (χ1) is 14.7. The molecule has 1 aromatic heterocycles. The van der Waals surface area contributed by atoms with Crippen LogP contribution in [0, 0.1) is 0 Å². The van der Waals surface area contributed by atoms with Crippen molar-refractivity contribution in [3.63, 3.8) is 0 Å². The summed E-state index contributed by atoms with van der Waals surface area (Å²) in [7, 11) is 0.916. The van der Waals surface area contributed by atoms with Gasteiger partial charge in [0.25, 0.3) is 5.91 Å². The molecule has 3 rings (SSSR count). The minimum Gasteiger partial charge on any atom is -0.348 e. The van der Waals surface area contributed by atoms with Crippen molar-refractivity contribution < 1.29 is 18.0 Å². The van der Waals surface area contributed by atoms with Gasteiger partial charge in [0.05, 0.1) is 24.5 Å². The quantitative estimate of drug-likeness (QED) is 0.603. The topological polar surface area (TPSA) is 95.8 Å². The molecule has 0 spiro atoms. The van der Waals surface area contributed by atoms with Gasteiger partial charge in [0.2, 0.25) is 15.9 Å². The van der Waals surface area contributed by atoms with Crippen molar-refractivity contribution in [3.05, 3.63) is 42.0 Å². The lowest BCUT2D eigenvalue weighted by atomic mass is 10.2. The second-order valence-electron chi connectivity index (χ2n) is 7.87. The smallest absolute Gasteiger partial charge is 0.274 e. The second kappa shape index (κ2) is 9.19. The van der Waals surface area contributed by atoms with Crippen LogP contribution < -0.4 is 0 Å². The van der Waals surface area contributed by atoms with Crippen LogP contribution in [0.4, 0.5) is 0 Å². The van der Waals surface area contributed by atoms with E-state index in [0.717, 1.165) is 23.6 Å². The Bertz CT molecular complexity index is 1080. The van der Waals surface area contributed by atoms with Gasteiger partial charge in [-0.2, -0.15) is 4.31 Å². The van der Waals surface area contributed by atoms with Gasteiger partial charge in [-0.3, -0.25) is 14.2 Å². The summed E-state index contributed by atoms with van der Waals surface area (Å²) in [5, 5.41) is 0. The SMILES string of the molecule is CCCCCN(C)C(=O)c1ncn2c1CN(CC(=O)N(C)C)S(=O)(=O)c1ccccc1-2. The predicted octanol–water partition coefficient (Wildman–Crippen LogP) is 1.73. The van der Waals surface area contributed by atoms with Gasteiger partial charge < -0.3 is 9.80 Å². The molecule has 0 N–H and O–H groups in total. The van der Waals surface area contributed by atoms with Crippen LogP contribution in [0.2, 0.25) is 0 Å². The maximum Gasteiger partial charge on any atom is 0.274 e. The summed E-state index contributed by atoms with van der Waals surface area (Å²) < 4.78 is 29.5. The number of carbonyl (C=O) groups is 2. The molecule has 0 saturated heterocycles. The largest absolute Gasteiger partial charge is 0.348 e. The highest BCUT2D eigenvalue weighted by atomic mass is 32.2. The number of unbranched alkanes of at least 4 members (excludes halogenated alkanes) is 2. The number of hydrogen-bond donors (Lipinski definition) is 0. The van der Waals surface area contributed by atoms with E-state index >= 15 is 0 Å². The van der Waals surface area contributed by atoms with E-state index in [4.69, 9.17) is 0 Å². The van der Waals surface area contributed by atoms with E-state index in [2.05, 4.69) is 11.9 Å². The van der Waals surface area contributed by atoms with Crippen molar-refractivity contribution in [3.8, 4) is 5.69 Å². The van der Waals surface area contributed by atoms with E-state index in [0.29, 0.717) is 17.9 Å². The Balaban J connectivity index is 2.06. The zero-order valence-corrected chi connectivity index (χ0v) is 19.2. The van der Waals surface area contributed by atoms with Gasteiger partial charge in [-0.25, -0.2) is 13.4 Å². The molecule has 0 bridgehead atoms. The molecule has 1 aliphatic heterocycles. The van der Waals surface area contributed by atoms with E-state index in [1.165, 1.54) is 17.3 Å². The van der Waals surface area contributed by atoms with E-state index < -0.39 is 10.0 Å². The second-order valence-corrected chi connectivity index (χ2v) is 9.78. The number of para-hydroxylation sites is 1. The zero-order valence-electron chi connectivity index (χ0n) is 18.4. The summed E-state index contributed by atoms with van der Waals surface area (Å²) in [6.45, 7) is 2.24. The highest BCUT2D eigenvalue weighted by Gasteiger charge is 2.36. The van der Waals surface area contributed by atoms with Crippen molar-refractivity contribution in [1.29, 1.82) is 0 Å². The summed E-state index contributed by atoms with van der Waals surface area (Å²) in [6.07, 6.45) is 4.43. The molecule has 168 valence electrons. The molecule has 2 aromatic rings. The zero-order chi connectivity index (χ0) is 22.8. The number of fused-ring (bicyclic) bond motifs is 3. The Morgan fingerprint density at radius 3 is 2.52 bits per heavy atom. The number of nitrogens with zero attached hydrogens (tertiary/aromatic N) is 5. The van der Waals surface area contributed by atoms with E-state index in [-0.39, 0.29) is 35.5 Å². The fourth-order valence-electron chi connectivity index (χ4n) is 3.49. The molecule has 9 nitrogen and oxygen atoms in total. The van der Waals surface area contributed by atoms with Crippen LogP contribution >= 0.6 is 0 Å². The predicted molar refractivity (Wildman–Crippen MR) is 116 cm³/mol. The molecule has 0 aliphatic carbocycles. The van der Waals surface area contributed by atoms with E-state index in [1.54, 1.807) is 48.8 Å². The van der Waals surface area contributed by atoms with Crippen LogP contribution in [0.15, 0.2) is 35.5 Å². The monoisotopic (exact) mass is 447 g/mol. The number of benzene rings is 1.